The molecule has 2 N–H and O–H groups in total. The van der Waals surface area contributed by atoms with E-state index in [0.717, 1.165) is 26.1 Å². The summed E-state index contributed by atoms with van der Waals surface area (Å²) in [5.74, 6) is 0.511. The standard InChI is InChI=1S/C16H30N2O/c1-7-9-18(14(2,3)4)11-16(17)12-8-10-19-13(12)15(16,5)6/h7,12-13H,1,8-11,17H2,2-6H3. The van der Waals surface area contributed by atoms with Gasteiger partial charge in [0.25, 0.3) is 0 Å². The van der Waals surface area contributed by atoms with Gasteiger partial charge in [0.05, 0.1) is 6.10 Å². The molecule has 1 heterocycles. The molecule has 0 spiro atoms. The van der Waals surface area contributed by atoms with Crippen molar-refractivity contribution >= 4 is 0 Å². The molecule has 3 nitrogen and oxygen atoms in total. The van der Waals surface area contributed by atoms with Crippen molar-refractivity contribution in [1.29, 1.82) is 0 Å². The molecule has 3 atom stereocenters. The van der Waals surface area contributed by atoms with Gasteiger partial charge in [0.2, 0.25) is 0 Å². The lowest BCUT2D eigenvalue weighted by Gasteiger charge is -2.64. The summed E-state index contributed by atoms with van der Waals surface area (Å²) in [4.78, 5) is 2.44. The predicted molar refractivity (Wildman–Crippen MR) is 80.1 cm³/mol. The molecular formula is C16H30N2O. The van der Waals surface area contributed by atoms with Crippen LogP contribution < -0.4 is 5.73 Å². The first-order valence-corrected chi connectivity index (χ1v) is 7.41. The lowest BCUT2D eigenvalue weighted by Crippen LogP contribution is -2.78. The molecule has 0 aromatic heterocycles. The summed E-state index contributed by atoms with van der Waals surface area (Å²) in [6.45, 7) is 17.8. The maximum Gasteiger partial charge on any atom is 0.0691 e. The molecule has 3 heteroatoms. The number of ether oxygens (including phenoxy) is 1. The Morgan fingerprint density at radius 3 is 2.58 bits per heavy atom. The Labute approximate surface area is 118 Å². The summed E-state index contributed by atoms with van der Waals surface area (Å²) in [5.41, 5.74) is 6.86. The van der Waals surface area contributed by atoms with Crippen LogP contribution in [0, 0.1) is 11.3 Å². The van der Waals surface area contributed by atoms with Crippen LogP contribution in [-0.2, 0) is 4.74 Å². The molecule has 1 aliphatic carbocycles. The van der Waals surface area contributed by atoms with E-state index in [1.54, 1.807) is 0 Å². The second-order valence-electron chi connectivity index (χ2n) is 7.79. The van der Waals surface area contributed by atoms with Gasteiger partial charge in [0.15, 0.2) is 0 Å². The van der Waals surface area contributed by atoms with Crippen molar-refractivity contribution in [3.8, 4) is 0 Å². The largest absolute Gasteiger partial charge is 0.377 e. The number of hydrogen-bond acceptors (Lipinski definition) is 3. The van der Waals surface area contributed by atoms with Gasteiger partial charge in [-0.1, -0.05) is 19.9 Å². The van der Waals surface area contributed by atoms with Gasteiger partial charge in [-0.05, 0) is 27.2 Å². The van der Waals surface area contributed by atoms with Crippen LogP contribution in [-0.4, -0.2) is 41.8 Å². The van der Waals surface area contributed by atoms with Crippen LogP contribution in [0.25, 0.3) is 0 Å². The maximum absolute atomic E-state index is 6.84. The first-order valence-electron chi connectivity index (χ1n) is 7.41. The van der Waals surface area contributed by atoms with E-state index in [1.165, 1.54) is 0 Å². The summed E-state index contributed by atoms with van der Waals surface area (Å²) in [7, 11) is 0. The Kier molecular flexibility index (Phi) is 3.62. The van der Waals surface area contributed by atoms with Gasteiger partial charge in [-0.2, -0.15) is 0 Å². The zero-order chi connectivity index (χ0) is 14.5. The molecule has 0 radical (unpaired) electrons. The second-order valence-corrected chi connectivity index (χ2v) is 7.79. The van der Waals surface area contributed by atoms with Crippen LogP contribution >= 0.6 is 0 Å². The molecule has 0 aromatic rings. The Morgan fingerprint density at radius 2 is 2.05 bits per heavy atom. The summed E-state index contributed by atoms with van der Waals surface area (Å²) >= 11 is 0. The van der Waals surface area contributed by atoms with Crippen molar-refractivity contribution in [2.45, 2.75) is 58.2 Å². The van der Waals surface area contributed by atoms with Crippen LogP contribution in [0.5, 0.6) is 0 Å². The molecule has 1 aliphatic heterocycles. The molecule has 0 bridgehead atoms. The SMILES string of the molecule is C=CCN(CC1(N)C2CCOC2C1(C)C)C(C)(C)C. The number of hydrogen-bond donors (Lipinski definition) is 1. The topological polar surface area (TPSA) is 38.5 Å². The van der Waals surface area contributed by atoms with Crippen LogP contribution in [0.15, 0.2) is 12.7 Å². The van der Waals surface area contributed by atoms with Crippen molar-refractivity contribution in [2.24, 2.45) is 17.1 Å². The van der Waals surface area contributed by atoms with E-state index < -0.39 is 0 Å². The second kappa shape index (κ2) is 4.57. The van der Waals surface area contributed by atoms with E-state index in [1.807, 2.05) is 6.08 Å². The average Bonchev–Trinajstić information content (AvgIpc) is 2.74. The number of fused-ring (bicyclic) bond motifs is 1. The Balaban J connectivity index is 2.18. The van der Waals surface area contributed by atoms with Crippen LogP contribution in [0.4, 0.5) is 0 Å². The Morgan fingerprint density at radius 1 is 1.42 bits per heavy atom. The van der Waals surface area contributed by atoms with Crippen molar-refractivity contribution in [3.63, 3.8) is 0 Å². The van der Waals surface area contributed by atoms with E-state index >= 15 is 0 Å². The first-order chi connectivity index (χ1) is 8.64. The Bertz CT molecular complexity index is 358. The lowest BCUT2D eigenvalue weighted by atomic mass is 9.48. The van der Waals surface area contributed by atoms with E-state index in [-0.39, 0.29) is 16.5 Å². The average molecular weight is 266 g/mol. The summed E-state index contributed by atoms with van der Waals surface area (Å²) < 4.78 is 5.87. The third-order valence-corrected chi connectivity index (χ3v) is 5.41. The van der Waals surface area contributed by atoms with E-state index in [9.17, 15) is 0 Å². The van der Waals surface area contributed by atoms with Gasteiger partial charge in [0, 0.05) is 42.1 Å². The van der Waals surface area contributed by atoms with Gasteiger partial charge in [-0.3, -0.25) is 4.90 Å². The molecule has 0 amide bonds. The predicted octanol–water partition coefficient (Wildman–Crippen LogP) is 2.42. The lowest BCUT2D eigenvalue weighted by molar-refractivity contribution is -0.167. The van der Waals surface area contributed by atoms with Crippen molar-refractivity contribution < 1.29 is 4.74 Å². The van der Waals surface area contributed by atoms with Crippen molar-refractivity contribution in [1.82, 2.24) is 4.90 Å². The fourth-order valence-electron chi connectivity index (χ4n) is 3.84. The zero-order valence-corrected chi connectivity index (χ0v) is 13.2. The smallest absolute Gasteiger partial charge is 0.0691 e. The highest BCUT2D eigenvalue weighted by atomic mass is 16.5. The van der Waals surface area contributed by atoms with Gasteiger partial charge in [-0.25, -0.2) is 0 Å². The monoisotopic (exact) mass is 266 g/mol. The number of nitrogens with zero attached hydrogens (tertiary/aromatic N) is 1. The summed E-state index contributed by atoms with van der Waals surface area (Å²) in [6.07, 6.45) is 3.43. The van der Waals surface area contributed by atoms with Gasteiger partial charge in [0.1, 0.15) is 0 Å². The third kappa shape index (κ3) is 2.16. The molecule has 2 aliphatic rings. The number of nitrogens with two attached hydrogens (primary N) is 1. The highest BCUT2D eigenvalue weighted by Crippen LogP contribution is 2.58. The molecule has 2 rings (SSSR count). The zero-order valence-electron chi connectivity index (χ0n) is 13.2. The molecule has 1 saturated carbocycles. The first kappa shape index (κ1) is 15.0. The molecule has 3 unspecified atom stereocenters. The quantitative estimate of drug-likeness (QED) is 0.794. The van der Waals surface area contributed by atoms with Crippen LogP contribution in [0.2, 0.25) is 0 Å². The summed E-state index contributed by atoms with van der Waals surface area (Å²) in [5, 5.41) is 0. The molecule has 2 fully saturated rings. The molecule has 0 aromatic carbocycles. The minimum absolute atomic E-state index is 0.0544. The van der Waals surface area contributed by atoms with Gasteiger partial charge >= 0.3 is 0 Å². The maximum atomic E-state index is 6.84. The fraction of sp³-hybridized carbons (Fsp3) is 0.875. The van der Waals surface area contributed by atoms with Crippen LogP contribution in [0.3, 0.4) is 0 Å². The van der Waals surface area contributed by atoms with E-state index in [4.69, 9.17) is 10.5 Å². The molecular weight excluding hydrogens is 236 g/mol. The number of rotatable bonds is 4. The minimum Gasteiger partial charge on any atom is -0.377 e. The van der Waals surface area contributed by atoms with Gasteiger partial charge < -0.3 is 10.5 Å². The highest BCUT2D eigenvalue weighted by Gasteiger charge is 2.67. The Hall–Kier alpha value is -0.380. The summed E-state index contributed by atoms with van der Waals surface area (Å²) in [6, 6.07) is 0. The van der Waals surface area contributed by atoms with Crippen molar-refractivity contribution in [2.75, 3.05) is 19.7 Å². The molecule has 110 valence electrons. The molecule has 1 saturated heterocycles. The third-order valence-electron chi connectivity index (χ3n) is 5.41. The molecule has 19 heavy (non-hydrogen) atoms. The van der Waals surface area contributed by atoms with Crippen LogP contribution in [0.1, 0.15) is 41.0 Å². The fourth-order valence-corrected chi connectivity index (χ4v) is 3.84. The minimum atomic E-state index is -0.148. The highest BCUT2D eigenvalue weighted by molar-refractivity contribution is 5.22. The normalized spacial score (nSPS) is 37.0. The van der Waals surface area contributed by atoms with Crippen molar-refractivity contribution in [3.05, 3.63) is 12.7 Å². The van der Waals surface area contributed by atoms with E-state index in [2.05, 4.69) is 46.1 Å². The van der Waals surface area contributed by atoms with E-state index in [0.29, 0.717) is 12.0 Å². The van der Waals surface area contributed by atoms with Gasteiger partial charge in [-0.15, -0.1) is 6.58 Å².